The average molecular weight is 347 g/mol. The topological polar surface area (TPSA) is 61.4 Å². The molecule has 5 nitrogen and oxygen atoms in total. The second-order valence-corrected chi connectivity index (χ2v) is 7.68. The van der Waals surface area contributed by atoms with Gasteiger partial charge in [0.05, 0.1) is 18.0 Å². The zero-order chi connectivity index (χ0) is 16.9. The molecule has 24 heavy (non-hydrogen) atoms. The highest BCUT2D eigenvalue weighted by molar-refractivity contribution is 7.99. The molecule has 2 aliphatic heterocycles. The van der Waals surface area contributed by atoms with Crippen molar-refractivity contribution in [3.63, 3.8) is 0 Å². The van der Waals surface area contributed by atoms with E-state index in [1.165, 1.54) is 0 Å². The van der Waals surface area contributed by atoms with Crippen LogP contribution in [0.25, 0.3) is 0 Å². The first kappa shape index (κ1) is 17.3. The van der Waals surface area contributed by atoms with E-state index in [-0.39, 0.29) is 29.8 Å². The first-order valence-electron chi connectivity index (χ1n) is 8.57. The number of rotatable bonds is 5. The minimum absolute atomic E-state index is 0.00659. The van der Waals surface area contributed by atoms with Crippen LogP contribution in [-0.4, -0.2) is 47.5 Å². The molecule has 130 valence electrons. The number of nitrogens with zero attached hydrogens (tertiary/aromatic N) is 1. The zero-order valence-electron chi connectivity index (χ0n) is 14.0. The van der Waals surface area contributed by atoms with Gasteiger partial charge in [-0.3, -0.25) is 9.59 Å². The Morgan fingerprint density at radius 3 is 2.88 bits per heavy atom. The maximum absolute atomic E-state index is 12.4. The molecule has 0 radical (unpaired) electrons. The third-order valence-electron chi connectivity index (χ3n) is 4.74. The third kappa shape index (κ3) is 4.30. The zero-order valence-corrected chi connectivity index (χ0v) is 14.8. The Kier molecular flexibility index (Phi) is 5.79. The molecule has 1 aromatic rings. The number of carbonyl (C=O) groups excluding carboxylic acids is 2. The monoisotopic (exact) mass is 347 g/mol. The molecule has 2 fully saturated rings. The van der Waals surface area contributed by atoms with Crippen molar-refractivity contribution >= 4 is 23.6 Å². The Morgan fingerprint density at radius 1 is 1.38 bits per heavy atom. The Hall–Kier alpha value is -1.53. The standard InChI is InChI=1S/C18H25N3O2S/c1-13(15-5-3-2-4-6-15)20-17(22)10-14-9-16(19-11-14)18(23)21-7-8-24-12-21/h2-6,13-14,16,19H,7-12H2,1H3,(H,20,22). The van der Waals surface area contributed by atoms with E-state index in [2.05, 4.69) is 10.6 Å². The maximum Gasteiger partial charge on any atom is 0.240 e. The van der Waals surface area contributed by atoms with E-state index >= 15 is 0 Å². The maximum atomic E-state index is 12.4. The predicted octanol–water partition coefficient (Wildman–Crippen LogP) is 1.76. The first-order chi connectivity index (χ1) is 11.6. The largest absolute Gasteiger partial charge is 0.350 e. The van der Waals surface area contributed by atoms with Gasteiger partial charge in [-0.2, -0.15) is 0 Å². The lowest BCUT2D eigenvalue weighted by Gasteiger charge is -2.19. The van der Waals surface area contributed by atoms with E-state index in [1.54, 1.807) is 11.8 Å². The summed E-state index contributed by atoms with van der Waals surface area (Å²) in [5.74, 6) is 2.32. The highest BCUT2D eigenvalue weighted by Gasteiger charge is 2.34. The van der Waals surface area contributed by atoms with Gasteiger partial charge in [-0.25, -0.2) is 0 Å². The molecule has 3 rings (SSSR count). The minimum atomic E-state index is -0.118. The van der Waals surface area contributed by atoms with Crippen molar-refractivity contribution < 1.29 is 9.59 Å². The van der Waals surface area contributed by atoms with E-state index in [0.717, 1.165) is 36.7 Å². The molecule has 3 atom stereocenters. The molecule has 1 aromatic carbocycles. The summed E-state index contributed by atoms with van der Waals surface area (Å²) in [4.78, 5) is 26.6. The summed E-state index contributed by atoms with van der Waals surface area (Å²) < 4.78 is 0. The summed E-state index contributed by atoms with van der Waals surface area (Å²) in [5.41, 5.74) is 1.11. The first-order valence-corrected chi connectivity index (χ1v) is 9.73. The van der Waals surface area contributed by atoms with Crippen LogP contribution in [-0.2, 0) is 9.59 Å². The van der Waals surface area contributed by atoms with Crippen molar-refractivity contribution in [1.82, 2.24) is 15.5 Å². The Morgan fingerprint density at radius 2 is 2.17 bits per heavy atom. The van der Waals surface area contributed by atoms with Crippen LogP contribution < -0.4 is 10.6 Å². The van der Waals surface area contributed by atoms with Crippen molar-refractivity contribution in [3.8, 4) is 0 Å². The Balaban J connectivity index is 1.45. The minimum Gasteiger partial charge on any atom is -0.350 e. The lowest BCUT2D eigenvalue weighted by molar-refractivity contribution is -0.131. The SMILES string of the molecule is CC(NC(=O)CC1CNC(C(=O)N2CCSC2)C1)c1ccccc1. The third-order valence-corrected chi connectivity index (χ3v) is 5.70. The Labute approximate surface area is 147 Å². The number of benzene rings is 1. The molecular formula is C18H25N3O2S. The molecule has 6 heteroatoms. The molecule has 3 unspecified atom stereocenters. The summed E-state index contributed by atoms with van der Waals surface area (Å²) in [6.45, 7) is 3.59. The van der Waals surface area contributed by atoms with Gasteiger partial charge in [-0.1, -0.05) is 30.3 Å². The normalized spacial score (nSPS) is 24.8. The van der Waals surface area contributed by atoms with Crippen LogP contribution in [0, 0.1) is 5.92 Å². The molecule has 2 N–H and O–H groups in total. The summed E-state index contributed by atoms with van der Waals surface area (Å²) in [5, 5.41) is 6.35. The van der Waals surface area contributed by atoms with Crippen molar-refractivity contribution in [1.29, 1.82) is 0 Å². The Bertz CT molecular complexity index is 575. The van der Waals surface area contributed by atoms with E-state index in [1.807, 2.05) is 42.2 Å². The molecule has 0 bridgehead atoms. The molecule has 2 amide bonds. The van der Waals surface area contributed by atoms with E-state index in [0.29, 0.717) is 6.42 Å². The fraction of sp³-hybridized carbons (Fsp3) is 0.556. The fourth-order valence-corrected chi connectivity index (χ4v) is 4.30. The second-order valence-electron chi connectivity index (χ2n) is 6.61. The van der Waals surface area contributed by atoms with Gasteiger partial charge >= 0.3 is 0 Å². The lowest BCUT2D eigenvalue weighted by atomic mass is 10.00. The van der Waals surface area contributed by atoms with Crippen LogP contribution >= 0.6 is 11.8 Å². The summed E-state index contributed by atoms with van der Waals surface area (Å²) in [6.07, 6.45) is 1.23. The molecule has 0 saturated carbocycles. The second kappa shape index (κ2) is 8.03. The molecule has 2 saturated heterocycles. The van der Waals surface area contributed by atoms with Crippen LogP contribution in [0.4, 0.5) is 0 Å². The van der Waals surface area contributed by atoms with Crippen LogP contribution in [0.15, 0.2) is 30.3 Å². The van der Waals surface area contributed by atoms with Gasteiger partial charge in [0.2, 0.25) is 11.8 Å². The number of amides is 2. The van der Waals surface area contributed by atoms with Crippen LogP contribution in [0.1, 0.15) is 31.4 Å². The number of nitrogens with one attached hydrogen (secondary N) is 2. The highest BCUT2D eigenvalue weighted by atomic mass is 32.2. The number of thioether (sulfide) groups is 1. The number of carbonyl (C=O) groups is 2. The van der Waals surface area contributed by atoms with E-state index in [4.69, 9.17) is 0 Å². The van der Waals surface area contributed by atoms with Crippen LogP contribution in [0.5, 0.6) is 0 Å². The average Bonchev–Trinajstić information content (AvgIpc) is 3.26. The predicted molar refractivity (Wildman–Crippen MR) is 96.6 cm³/mol. The summed E-state index contributed by atoms with van der Waals surface area (Å²) in [7, 11) is 0. The quantitative estimate of drug-likeness (QED) is 0.852. The van der Waals surface area contributed by atoms with Crippen molar-refractivity contribution in [2.24, 2.45) is 5.92 Å². The van der Waals surface area contributed by atoms with Crippen molar-refractivity contribution in [2.45, 2.75) is 31.8 Å². The summed E-state index contributed by atoms with van der Waals surface area (Å²) in [6, 6.07) is 9.85. The molecule has 2 heterocycles. The molecule has 0 aliphatic carbocycles. The van der Waals surface area contributed by atoms with Crippen LogP contribution in [0.3, 0.4) is 0 Å². The molecule has 0 spiro atoms. The van der Waals surface area contributed by atoms with Gasteiger partial charge in [-0.15, -0.1) is 11.8 Å². The van der Waals surface area contributed by atoms with Gasteiger partial charge in [0.1, 0.15) is 0 Å². The van der Waals surface area contributed by atoms with Gasteiger partial charge < -0.3 is 15.5 Å². The van der Waals surface area contributed by atoms with E-state index < -0.39 is 0 Å². The smallest absolute Gasteiger partial charge is 0.240 e. The molecular weight excluding hydrogens is 322 g/mol. The van der Waals surface area contributed by atoms with Gasteiger partial charge in [0, 0.05) is 18.7 Å². The van der Waals surface area contributed by atoms with E-state index in [9.17, 15) is 9.59 Å². The van der Waals surface area contributed by atoms with Crippen LogP contribution in [0.2, 0.25) is 0 Å². The van der Waals surface area contributed by atoms with Crippen molar-refractivity contribution in [2.75, 3.05) is 24.7 Å². The number of hydrogen-bond acceptors (Lipinski definition) is 4. The highest BCUT2D eigenvalue weighted by Crippen LogP contribution is 2.22. The van der Waals surface area contributed by atoms with Gasteiger partial charge in [-0.05, 0) is 31.4 Å². The van der Waals surface area contributed by atoms with Gasteiger partial charge in [0.25, 0.3) is 0 Å². The lowest BCUT2D eigenvalue weighted by Crippen LogP contribution is -2.42. The fourth-order valence-electron chi connectivity index (χ4n) is 3.35. The molecule has 2 aliphatic rings. The van der Waals surface area contributed by atoms with Gasteiger partial charge in [0.15, 0.2) is 0 Å². The van der Waals surface area contributed by atoms with Crippen molar-refractivity contribution in [3.05, 3.63) is 35.9 Å². The number of hydrogen-bond donors (Lipinski definition) is 2. The summed E-state index contributed by atoms with van der Waals surface area (Å²) >= 11 is 1.80. The molecule has 0 aromatic heterocycles.